The van der Waals surface area contributed by atoms with Crippen LogP contribution in [0.15, 0.2) is 28.0 Å². The molecule has 2 bridgehead atoms. The average molecular weight is 361 g/mol. The fourth-order valence-corrected chi connectivity index (χ4v) is 8.00. The second-order valence-electron chi connectivity index (χ2n) is 7.11. The Kier molecular flexibility index (Phi) is 3.29. The van der Waals surface area contributed by atoms with Crippen LogP contribution in [0.1, 0.15) is 35.6 Å². The van der Waals surface area contributed by atoms with Gasteiger partial charge in [0.2, 0.25) is 0 Å². The number of H-pyrrole nitrogens is 1. The molecule has 126 valence electrons. The second-order valence-corrected chi connectivity index (χ2v) is 9.31. The molecule has 2 fully saturated rings. The van der Waals surface area contributed by atoms with E-state index in [1.54, 1.807) is 13.2 Å². The predicted molar refractivity (Wildman–Crippen MR) is 95.4 cm³/mol. The minimum absolute atomic E-state index is 0.0376. The molecule has 0 radical (unpaired) electrons. The summed E-state index contributed by atoms with van der Waals surface area (Å²) in [7, 11) is 1.58. The highest BCUT2D eigenvalue weighted by molar-refractivity contribution is 8.00. The molecule has 0 saturated heterocycles. The zero-order valence-corrected chi connectivity index (χ0v) is 15.0. The molecular formula is C18H19NO3S2. The Morgan fingerprint density at radius 2 is 2.12 bits per heavy atom. The van der Waals surface area contributed by atoms with E-state index in [0.29, 0.717) is 16.9 Å². The van der Waals surface area contributed by atoms with E-state index in [4.69, 9.17) is 4.74 Å². The van der Waals surface area contributed by atoms with Gasteiger partial charge in [-0.1, -0.05) is 17.4 Å². The fourth-order valence-electron chi connectivity index (χ4n) is 5.11. The molecule has 2 saturated carbocycles. The summed E-state index contributed by atoms with van der Waals surface area (Å²) in [6.45, 7) is 0. The maximum absolute atomic E-state index is 12.0. The van der Waals surface area contributed by atoms with Crippen molar-refractivity contribution >= 4 is 23.1 Å². The number of hydrogen-bond donors (Lipinski definition) is 2. The van der Waals surface area contributed by atoms with E-state index < -0.39 is 0 Å². The van der Waals surface area contributed by atoms with Crippen LogP contribution >= 0.6 is 23.1 Å². The van der Waals surface area contributed by atoms with Gasteiger partial charge >= 0.3 is 4.87 Å². The summed E-state index contributed by atoms with van der Waals surface area (Å²) in [5.74, 6) is 3.03. The third-order valence-electron chi connectivity index (χ3n) is 6.03. The van der Waals surface area contributed by atoms with Crippen molar-refractivity contribution in [1.29, 1.82) is 0 Å². The number of phenols is 1. The van der Waals surface area contributed by atoms with Crippen molar-refractivity contribution in [3.63, 3.8) is 0 Å². The van der Waals surface area contributed by atoms with Crippen LogP contribution in [-0.4, -0.2) is 22.5 Å². The minimum Gasteiger partial charge on any atom is -0.504 e. The highest BCUT2D eigenvalue weighted by atomic mass is 32.2. The van der Waals surface area contributed by atoms with Gasteiger partial charge in [0, 0.05) is 16.0 Å². The van der Waals surface area contributed by atoms with Crippen LogP contribution in [0.4, 0.5) is 0 Å². The topological polar surface area (TPSA) is 62.3 Å². The molecule has 1 aliphatic heterocycles. The Hall–Kier alpha value is -1.40. The van der Waals surface area contributed by atoms with Crippen LogP contribution in [0.25, 0.3) is 0 Å². The van der Waals surface area contributed by atoms with E-state index in [9.17, 15) is 9.90 Å². The summed E-state index contributed by atoms with van der Waals surface area (Å²) in [5.41, 5.74) is 1.16. The van der Waals surface area contributed by atoms with Gasteiger partial charge in [0.15, 0.2) is 11.5 Å². The number of thiazole rings is 1. The van der Waals surface area contributed by atoms with Gasteiger partial charge in [-0.15, -0.1) is 11.8 Å². The van der Waals surface area contributed by atoms with Crippen LogP contribution in [0.5, 0.6) is 11.5 Å². The van der Waals surface area contributed by atoms with Crippen molar-refractivity contribution in [2.45, 2.75) is 35.5 Å². The lowest BCUT2D eigenvalue weighted by Gasteiger charge is -2.40. The van der Waals surface area contributed by atoms with E-state index in [2.05, 4.69) is 4.98 Å². The minimum atomic E-state index is 0.0376. The first kappa shape index (κ1) is 14.9. The lowest BCUT2D eigenvalue weighted by molar-refractivity contribution is 0.306. The van der Waals surface area contributed by atoms with Crippen molar-refractivity contribution in [2.75, 3.05) is 7.11 Å². The Balaban J connectivity index is 1.68. The van der Waals surface area contributed by atoms with Crippen molar-refractivity contribution < 1.29 is 9.84 Å². The van der Waals surface area contributed by atoms with Gasteiger partial charge in [-0.2, -0.15) is 0 Å². The number of phenolic OH excluding ortho intramolecular Hbond substituents is 1. The van der Waals surface area contributed by atoms with Crippen molar-refractivity contribution in [3.05, 3.63) is 38.3 Å². The van der Waals surface area contributed by atoms with Gasteiger partial charge in [-0.05, 0) is 54.7 Å². The Bertz CT molecular complexity index is 858. The van der Waals surface area contributed by atoms with Crippen LogP contribution in [0, 0.1) is 17.8 Å². The number of benzene rings is 1. The fraction of sp³-hybridized carbons (Fsp3) is 0.500. The molecular weight excluding hydrogens is 342 g/mol. The van der Waals surface area contributed by atoms with Crippen molar-refractivity contribution in [3.8, 4) is 11.5 Å². The molecule has 1 aromatic heterocycles. The molecule has 24 heavy (non-hydrogen) atoms. The molecule has 6 heteroatoms. The first-order valence-electron chi connectivity index (χ1n) is 8.42. The van der Waals surface area contributed by atoms with Crippen LogP contribution in [0.2, 0.25) is 0 Å². The summed E-state index contributed by atoms with van der Waals surface area (Å²) >= 11 is 3.25. The average Bonchev–Trinajstić information content (AvgIpc) is 3.26. The van der Waals surface area contributed by atoms with Gasteiger partial charge < -0.3 is 14.8 Å². The summed E-state index contributed by atoms with van der Waals surface area (Å²) < 4.78 is 5.32. The number of rotatable bonds is 2. The molecule has 1 aromatic carbocycles. The molecule has 5 atom stereocenters. The highest BCUT2D eigenvalue weighted by Crippen LogP contribution is 2.63. The number of ether oxygens (including phenoxy) is 1. The van der Waals surface area contributed by atoms with Gasteiger partial charge in [-0.25, -0.2) is 0 Å². The number of thioether (sulfide) groups is 1. The summed E-state index contributed by atoms with van der Waals surface area (Å²) in [5, 5.41) is 11.6. The van der Waals surface area contributed by atoms with Crippen LogP contribution in [-0.2, 0) is 0 Å². The number of fused-ring (bicyclic) bond motifs is 6. The molecule has 2 heterocycles. The van der Waals surface area contributed by atoms with E-state index >= 15 is 0 Å². The number of aromatic hydroxyl groups is 1. The highest BCUT2D eigenvalue weighted by Gasteiger charge is 2.54. The summed E-state index contributed by atoms with van der Waals surface area (Å²) in [4.78, 5) is 16.3. The number of methoxy groups -OCH3 is 1. The molecule has 5 rings (SSSR count). The van der Waals surface area contributed by atoms with Gasteiger partial charge in [-0.3, -0.25) is 4.79 Å². The SMILES string of the molecule is COc1cc([C@@H]2c3sc(=O)[nH]c3S[C@H]3[C@@H]4CC[C@@H](C4)[C@H]23)ccc1O. The van der Waals surface area contributed by atoms with E-state index in [1.807, 2.05) is 23.9 Å². The quantitative estimate of drug-likeness (QED) is 0.854. The summed E-state index contributed by atoms with van der Waals surface area (Å²) in [6, 6.07) is 5.66. The first-order valence-corrected chi connectivity index (χ1v) is 10.1. The van der Waals surface area contributed by atoms with Gasteiger partial charge in [0.1, 0.15) is 0 Å². The lowest BCUT2D eigenvalue weighted by atomic mass is 9.75. The largest absolute Gasteiger partial charge is 0.504 e. The normalized spacial score (nSPS) is 33.3. The number of hydrogen-bond acceptors (Lipinski definition) is 5. The molecule has 0 unspecified atom stereocenters. The van der Waals surface area contributed by atoms with Gasteiger partial charge in [0.05, 0.1) is 12.1 Å². The molecule has 0 amide bonds. The second kappa shape index (κ2) is 5.30. The van der Waals surface area contributed by atoms with Crippen LogP contribution in [0.3, 0.4) is 0 Å². The Morgan fingerprint density at radius 1 is 1.29 bits per heavy atom. The monoisotopic (exact) mass is 361 g/mol. The molecule has 4 nitrogen and oxygen atoms in total. The van der Waals surface area contributed by atoms with E-state index in [1.165, 1.54) is 35.5 Å². The predicted octanol–water partition coefficient (Wildman–Crippen LogP) is 3.80. The van der Waals surface area contributed by atoms with E-state index in [0.717, 1.165) is 22.4 Å². The van der Waals surface area contributed by atoms with Crippen molar-refractivity contribution in [1.82, 2.24) is 4.98 Å². The third-order valence-corrected chi connectivity index (χ3v) is 8.65. The summed E-state index contributed by atoms with van der Waals surface area (Å²) in [6.07, 6.45) is 3.97. The first-order chi connectivity index (χ1) is 11.7. The Morgan fingerprint density at radius 3 is 2.96 bits per heavy atom. The maximum atomic E-state index is 12.0. The van der Waals surface area contributed by atoms with Gasteiger partial charge in [0.25, 0.3) is 0 Å². The molecule has 3 aliphatic rings. The zero-order chi connectivity index (χ0) is 16.4. The third kappa shape index (κ3) is 2.02. The maximum Gasteiger partial charge on any atom is 0.305 e. The number of aromatic nitrogens is 1. The molecule has 2 aliphatic carbocycles. The van der Waals surface area contributed by atoms with Crippen LogP contribution < -0.4 is 9.61 Å². The number of nitrogens with one attached hydrogen (secondary N) is 1. The smallest absolute Gasteiger partial charge is 0.305 e. The molecule has 2 aromatic rings. The lowest BCUT2D eigenvalue weighted by Crippen LogP contribution is -2.33. The standard InChI is InChI=1S/C18H19NO3S2/c1-22-12-7-9(4-5-11(12)20)14-13-8-2-3-10(6-8)15(13)23-17-16(14)24-18(21)19-17/h4-5,7-8,10,13-15,20H,2-3,6H2,1H3,(H,19,21)/t8-,10+,13+,14-,15-/m0/s1. The molecule has 0 spiro atoms. The number of aromatic amines is 1. The van der Waals surface area contributed by atoms with Crippen molar-refractivity contribution in [2.24, 2.45) is 17.8 Å². The van der Waals surface area contributed by atoms with E-state index in [-0.39, 0.29) is 16.5 Å². The Labute approximate surface area is 148 Å². The zero-order valence-electron chi connectivity index (χ0n) is 13.3. The molecule has 2 N–H and O–H groups in total.